The Balaban J connectivity index is 1.66. The summed E-state index contributed by atoms with van der Waals surface area (Å²) in [5.41, 5.74) is 3.28. The molecule has 0 aliphatic carbocycles. The first-order valence-electron chi connectivity index (χ1n) is 6.88. The van der Waals surface area contributed by atoms with Gasteiger partial charge in [-0.1, -0.05) is 12.1 Å². The zero-order valence-corrected chi connectivity index (χ0v) is 11.9. The molecular formula is C16H17N5. The Bertz CT molecular complexity index is 706. The van der Waals surface area contributed by atoms with E-state index in [2.05, 4.69) is 38.6 Å². The Morgan fingerprint density at radius 2 is 2.10 bits per heavy atom. The van der Waals surface area contributed by atoms with Crippen LogP contribution in [0.15, 0.2) is 55.0 Å². The molecule has 0 fully saturated rings. The Kier molecular flexibility index (Phi) is 3.91. The highest BCUT2D eigenvalue weighted by molar-refractivity contribution is 5.46. The van der Waals surface area contributed by atoms with Crippen LogP contribution in [0, 0.1) is 6.92 Å². The number of anilines is 1. The largest absolute Gasteiger partial charge is 0.379 e. The van der Waals surface area contributed by atoms with Crippen LogP contribution in [-0.4, -0.2) is 19.7 Å². The molecule has 0 saturated heterocycles. The van der Waals surface area contributed by atoms with Crippen LogP contribution in [0.1, 0.15) is 17.1 Å². The molecule has 0 saturated carbocycles. The summed E-state index contributed by atoms with van der Waals surface area (Å²) in [6, 6.07) is 12.2. The molecule has 0 aliphatic heterocycles. The van der Waals surface area contributed by atoms with Crippen molar-refractivity contribution in [3.05, 3.63) is 72.1 Å². The number of aryl methyl sites for hydroxylation is 1. The molecule has 3 rings (SSSR count). The first-order chi connectivity index (χ1) is 10.3. The average Bonchev–Trinajstić information content (AvgIpc) is 2.99. The molecule has 1 N–H and O–H groups in total. The summed E-state index contributed by atoms with van der Waals surface area (Å²) in [6.45, 7) is 3.36. The summed E-state index contributed by atoms with van der Waals surface area (Å²) < 4.78 is 1.91. The summed E-state index contributed by atoms with van der Waals surface area (Å²) in [5, 5.41) is 7.61. The maximum atomic E-state index is 4.38. The quantitative estimate of drug-likeness (QED) is 0.780. The lowest BCUT2D eigenvalue weighted by Gasteiger charge is -2.08. The van der Waals surface area contributed by atoms with E-state index in [1.165, 1.54) is 5.56 Å². The minimum absolute atomic E-state index is 0.689. The standard InChI is InChI=1S/C16H17N5/c1-13-17-8-6-16(20-13)11-18-15-5-2-4-14(10-15)12-21-9-3-7-19-21/h2-10,18H,11-12H2,1H3. The summed E-state index contributed by atoms with van der Waals surface area (Å²) >= 11 is 0. The van der Waals surface area contributed by atoms with E-state index in [1.54, 1.807) is 12.4 Å². The van der Waals surface area contributed by atoms with Gasteiger partial charge in [-0.05, 0) is 36.8 Å². The van der Waals surface area contributed by atoms with Crippen LogP contribution >= 0.6 is 0 Å². The predicted molar refractivity (Wildman–Crippen MR) is 81.9 cm³/mol. The van der Waals surface area contributed by atoms with E-state index in [0.717, 1.165) is 23.8 Å². The third-order valence-corrected chi connectivity index (χ3v) is 3.14. The molecule has 0 bridgehead atoms. The smallest absolute Gasteiger partial charge is 0.125 e. The molecule has 0 spiro atoms. The second-order valence-electron chi connectivity index (χ2n) is 4.85. The second kappa shape index (κ2) is 6.17. The number of hydrogen-bond donors (Lipinski definition) is 1. The topological polar surface area (TPSA) is 55.6 Å². The molecule has 21 heavy (non-hydrogen) atoms. The van der Waals surface area contributed by atoms with Crippen molar-refractivity contribution in [3.63, 3.8) is 0 Å². The van der Waals surface area contributed by atoms with Crippen LogP contribution in [0.2, 0.25) is 0 Å². The van der Waals surface area contributed by atoms with Gasteiger partial charge in [-0.2, -0.15) is 5.10 Å². The lowest BCUT2D eigenvalue weighted by atomic mass is 10.2. The van der Waals surface area contributed by atoms with Gasteiger partial charge in [0, 0.05) is 24.3 Å². The van der Waals surface area contributed by atoms with E-state index in [-0.39, 0.29) is 0 Å². The first-order valence-corrected chi connectivity index (χ1v) is 6.88. The molecule has 2 heterocycles. The monoisotopic (exact) mass is 279 g/mol. The lowest BCUT2D eigenvalue weighted by Crippen LogP contribution is -2.04. The van der Waals surface area contributed by atoms with Crippen LogP contribution in [-0.2, 0) is 13.1 Å². The molecule has 5 heteroatoms. The number of aromatic nitrogens is 4. The van der Waals surface area contributed by atoms with Crippen LogP contribution in [0.3, 0.4) is 0 Å². The van der Waals surface area contributed by atoms with Gasteiger partial charge in [0.15, 0.2) is 0 Å². The van der Waals surface area contributed by atoms with Crippen molar-refractivity contribution in [2.75, 3.05) is 5.32 Å². The van der Waals surface area contributed by atoms with Crippen molar-refractivity contribution < 1.29 is 0 Å². The SMILES string of the molecule is Cc1nccc(CNc2cccc(Cn3cccn3)c2)n1. The van der Waals surface area contributed by atoms with Gasteiger partial charge in [-0.15, -0.1) is 0 Å². The van der Waals surface area contributed by atoms with Gasteiger partial charge < -0.3 is 5.32 Å². The highest BCUT2D eigenvalue weighted by atomic mass is 15.3. The number of hydrogen-bond acceptors (Lipinski definition) is 4. The Morgan fingerprint density at radius 3 is 2.90 bits per heavy atom. The average molecular weight is 279 g/mol. The number of nitrogens with one attached hydrogen (secondary N) is 1. The molecule has 3 aromatic rings. The fourth-order valence-electron chi connectivity index (χ4n) is 2.16. The zero-order valence-electron chi connectivity index (χ0n) is 11.9. The molecule has 106 valence electrons. The highest BCUT2D eigenvalue weighted by Crippen LogP contribution is 2.12. The molecule has 5 nitrogen and oxygen atoms in total. The van der Waals surface area contributed by atoms with Crippen molar-refractivity contribution in [1.82, 2.24) is 19.7 Å². The van der Waals surface area contributed by atoms with Crippen molar-refractivity contribution in [2.24, 2.45) is 0 Å². The van der Waals surface area contributed by atoms with Crippen molar-refractivity contribution in [2.45, 2.75) is 20.0 Å². The van der Waals surface area contributed by atoms with Crippen LogP contribution < -0.4 is 5.32 Å². The lowest BCUT2D eigenvalue weighted by molar-refractivity contribution is 0.687. The highest BCUT2D eigenvalue weighted by Gasteiger charge is 1.99. The Morgan fingerprint density at radius 1 is 1.14 bits per heavy atom. The number of benzene rings is 1. The van der Waals surface area contributed by atoms with Crippen molar-refractivity contribution >= 4 is 5.69 Å². The van der Waals surface area contributed by atoms with Crippen LogP contribution in [0.25, 0.3) is 0 Å². The Hall–Kier alpha value is -2.69. The zero-order chi connectivity index (χ0) is 14.5. The van der Waals surface area contributed by atoms with Gasteiger partial charge in [0.25, 0.3) is 0 Å². The van der Waals surface area contributed by atoms with E-state index in [0.29, 0.717) is 6.54 Å². The summed E-state index contributed by atoms with van der Waals surface area (Å²) in [4.78, 5) is 8.49. The minimum Gasteiger partial charge on any atom is -0.379 e. The molecule has 1 aromatic carbocycles. The Labute approximate surface area is 123 Å². The van der Waals surface area contributed by atoms with E-state index in [4.69, 9.17) is 0 Å². The summed E-state index contributed by atoms with van der Waals surface area (Å²) in [7, 11) is 0. The second-order valence-corrected chi connectivity index (χ2v) is 4.85. The third kappa shape index (κ3) is 3.66. The molecule has 0 amide bonds. The maximum absolute atomic E-state index is 4.38. The van der Waals surface area contributed by atoms with Gasteiger partial charge in [0.2, 0.25) is 0 Å². The summed E-state index contributed by atoms with van der Waals surface area (Å²) in [6.07, 6.45) is 5.54. The van der Waals surface area contributed by atoms with Gasteiger partial charge >= 0.3 is 0 Å². The van der Waals surface area contributed by atoms with Gasteiger partial charge in [-0.3, -0.25) is 4.68 Å². The van der Waals surface area contributed by atoms with Gasteiger partial charge in [-0.25, -0.2) is 9.97 Å². The third-order valence-electron chi connectivity index (χ3n) is 3.14. The van der Waals surface area contributed by atoms with Gasteiger partial charge in [0.05, 0.1) is 18.8 Å². The fraction of sp³-hybridized carbons (Fsp3) is 0.188. The molecule has 2 aromatic heterocycles. The van der Waals surface area contributed by atoms with Gasteiger partial charge in [0.1, 0.15) is 5.82 Å². The first kappa shape index (κ1) is 13.3. The van der Waals surface area contributed by atoms with E-state index in [9.17, 15) is 0 Å². The van der Waals surface area contributed by atoms with E-state index >= 15 is 0 Å². The van der Waals surface area contributed by atoms with Crippen LogP contribution in [0.5, 0.6) is 0 Å². The predicted octanol–water partition coefficient (Wildman–Crippen LogP) is 2.64. The van der Waals surface area contributed by atoms with E-state index < -0.39 is 0 Å². The van der Waals surface area contributed by atoms with E-state index in [1.807, 2.05) is 36.0 Å². The van der Waals surface area contributed by atoms with Crippen molar-refractivity contribution in [1.29, 1.82) is 0 Å². The fourth-order valence-corrected chi connectivity index (χ4v) is 2.16. The molecule has 0 atom stereocenters. The minimum atomic E-state index is 0.689. The normalized spacial score (nSPS) is 10.5. The summed E-state index contributed by atoms with van der Waals surface area (Å²) in [5.74, 6) is 0.793. The molecule has 0 aliphatic rings. The molecule has 0 radical (unpaired) electrons. The van der Waals surface area contributed by atoms with Crippen LogP contribution in [0.4, 0.5) is 5.69 Å². The molecule has 0 unspecified atom stereocenters. The maximum Gasteiger partial charge on any atom is 0.125 e. The molecular weight excluding hydrogens is 262 g/mol. The number of nitrogens with zero attached hydrogens (tertiary/aromatic N) is 4. The van der Waals surface area contributed by atoms with Crippen molar-refractivity contribution in [3.8, 4) is 0 Å². The number of rotatable bonds is 5.